The molecular formula is C16H16Cl3N. The Kier molecular flexibility index (Phi) is 5.34. The molecule has 1 atom stereocenters. The molecule has 0 amide bonds. The average Bonchev–Trinajstić information content (AvgIpc) is 2.44. The molecule has 20 heavy (non-hydrogen) atoms. The van der Waals surface area contributed by atoms with Gasteiger partial charge in [-0.05, 0) is 36.6 Å². The molecule has 0 radical (unpaired) electrons. The Morgan fingerprint density at radius 3 is 2.40 bits per heavy atom. The molecule has 2 rings (SSSR count). The third kappa shape index (κ3) is 3.48. The van der Waals surface area contributed by atoms with Gasteiger partial charge >= 0.3 is 0 Å². The van der Waals surface area contributed by atoms with Crippen LogP contribution in [0.1, 0.15) is 29.7 Å². The van der Waals surface area contributed by atoms with Crippen molar-refractivity contribution >= 4 is 34.8 Å². The van der Waals surface area contributed by atoms with Gasteiger partial charge in [-0.15, -0.1) is 0 Å². The van der Waals surface area contributed by atoms with Crippen molar-refractivity contribution in [3.63, 3.8) is 0 Å². The number of hydrogen-bond acceptors (Lipinski definition) is 1. The zero-order valence-electron chi connectivity index (χ0n) is 11.4. The van der Waals surface area contributed by atoms with Crippen molar-refractivity contribution < 1.29 is 0 Å². The van der Waals surface area contributed by atoms with Crippen LogP contribution in [-0.4, -0.2) is 0 Å². The first-order valence-corrected chi connectivity index (χ1v) is 7.55. The van der Waals surface area contributed by atoms with Gasteiger partial charge in [0.2, 0.25) is 0 Å². The molecule has 0 aliphatic heterocycles. The van der Waals surface area contributed by atoms with E-state index in [-0.39, 0.29) is 6.04 Å². The first-order chi connectivity index (χ1) is 9.50. The van der Waals surface area contributed by atoms with Crippen molar-refractivity contribution in [2.75, 3.05) is 0 Å². The number of benzene rings is 2. The molecule has 4 heteroatoms. The smallest absolute Gasteiger partial charge is 0.0781 e. The van der Waals surface area contributed by atoms with Crippen molar-refractivity contribution in [2.45, 2.75) is 26.4 Å². The molecule has 2 aromatic rings. The van der Waals surface area contributed by atoms with Crippen LogP contribution in [0.3, 0.4) is 0 Å². The summed E-state index contributed by atoms with van der Waals surface area (Å²) < 4.78 is 0. The predicted molar refractivity (Wildman–Crippen MR) is 87.9 cm³/mol. The summed E-state index contributed by atoms with van der Waals surface area (Å²) in [4.78, 5) is 0. The van der Waals surface area contributed by atoms with Gasteiger partial charge in [-0.1, -0.05) is 65.1 Å². The monoisotopic (exact) mass is 327 g/mol. The molecule has 0 saturated carbocycles. The minimum absolute atomic E-state index is 0.0943. The molecule has 0 aromatic heterocycles. The number of rotatable bonds is 4. The lowest BCUT2D eigenvalue weighted by molar-refractivity contribution is 0.573. The Hall–Kier alpha value is -0.730. The van der Waals surface area contributed by atoms with E-state index in [1.165, 1.54) is 11.1 Å². The van der Waals surface area contributed by atoms with Crippen molar-refractivity contribution in [3.05, 3.63) is 68.2 Å². The van der Waals surface area contributed by atoms with E-state index >= 15 is 0 Å². The molecular weight excluding hydrogens is 313 g/mol. The minimum Gasteiger partial charge on any atom is -0.306 e. The van der Waals surface area contributed by atoms with E-state index in [0.29, 0.717) is 15.1 Å². The second-order valence-corrected chi connectivity index (χ2v) is 5.96. The van der Waals surface area contributed by atoms with Gasteiger partial charge in [0, 0.05) is 12.6 Å². The van der Waals surface area contributed by atoms with Crippen LogP contribution in [-0.2, 0) is 6.54 Å². The molecule has 1 unspecified atom stereocenters. The van der Waals surface area contributed by atoms with Gasteiger partial charge < -0.3 is 5.32 Å². The molecule has 0 fully saturated rings. The number of hydrogen-bond donors (Lipinski definition) is 1. The van der Waals surface area contributed by atoms with E-state index in [1.807, 2.05) is 18.2 Å². The van der Waals surface area contributed by atoms with E-state index in [4.69, 9.17) is 34.8 Å². The first-order valence-electron chi connectivity index (χ1n) is 6.42. The highest BCUT2D eigenvalue weighted by atomic mass is 35.5. The maximum absolute atomic E-state index is 6.25. The van der Waals surface area contributed by atoms with Gasteiger partial charge in [-0.3, -0.25) is 0 Å². The van der Waals surface area contributed by atoms with Crippen LogP contribution in [0.2, 0.25) is 15.1 Å². The van der Waals surface area contributed by atoms with Gasteiger partial charge in [0.05, 0.1) is 15.1 Å². The summed E-state index contributed by atoms with van der Waals surface area (Å²) in [7, 11) is 0. The molecule has 0 saturated heterocycles. The fourth-order valence-electron chi connectivity index (χ4n) is 2.06. The second-order valence-electron chi connectivity index (χ2n) is 4.79. The van der Waals surface area contributed by atoms with E-state index in [9.17, 15) is 0 Å². The fraction of sp³-hybridized carbons (Fsp3) is 0.250. The highest BCUT2D eigenvalue weighted by Crippen LogP contribution is 2.35. The molecule has 0 spiro atoms. The van der Waals surface area contributed by atoms with Crippen LogP contribution in [0, 0.1) is 6.92 Å². The quantitative estimate of drug-likeness (QED) is 0.699. The Morgan fingerprint density at radius 1 is 1.00 bits per heavy atom. The van der Waals surface area contributed by atoms with Crippen molar-refractivity contribution in [2.24, 2.45) is 0 Å². The van der Waals surface area contributed by atoms with Crippen molar-refractivity contribution in [3.8, 4) is 0 Å². The van der Waals surface area contributed by atoms with Gasteiger partial charge in [-0.25, -0.2) is 0 Å². The minimum atomic E-state index is 0.0943. The van der Waals surface area contributed by atoms with E-state index in [1.54, 1.807) is 6.07 Å². The summed E-state index contributed by atoms with van der Waals surface area (Å²) >= 11 is 18.3. The number of halogens is 3. The maximum Gasteiger partial charge on any atom is 0.0781 e. The second kappa shape index (κ2) is 6.82. The SMILES string of the molecule is Cc1ccccc1CNC(C)c1ccc(Cl)c(Cl)c1Cl. The Bertz CT molecular complexity index is 611. The third-order valence-electron chi connectivity index (χ3n) is 3.39. The summed E-state index contributed by atoms with van der Waals surface area (Å²) in [5.41, 5.74) is 3.50. The zero-order valence-corrected chi connectivity index (χ0v) is 13.7. The summed E-state index contributed by atoms with van der Waals surface area (Å²) in [5, 5.41) is 4.87. The van der Waals surface area contributed by atoms with E-state index in [0.717, 1.165) is 12.1 Å². The standard InChI is InChI=1S/C16H16Cl3N/c1-10-5-3-4-6-12(10)9-20-11(2)13-7-8-14(17)16(19)15(13)18/h3-8,11,20H,9H2,1-2H3. The summed E-state index contributed by atoms with van der Waals surface area (Å²) in [6.07, 6.45) is 0. The first kappa shape index (κ1) is 15.7. The maximum atomic E-state index is 6.25. The van der Waals surface area contributed by atoms with Crippen LogP contribution < -0.4 is 5.32 Å². The van der Waals surface area contributed by atoms with Crippen molar-refractivity contribution in [1.82, 2.24) is 5.32 Å². The van der Waals surface area contributed by atoms with Crippen LogP contribution in [0.25, 0.3) is 0 Å². The summed E-state index contributed by atoms with van der Waals surface area (Å²) in [6.45, 7) is 4.95. The molecule has 1 N–H and O–H groups in total. The van der Waals surface area contributed by atoms with Crippen LogP contribution in [0.4, 0.5) is 0 Å². The topological polar surface area (TPSA) is 12.0 Å². The highest BCUT2D eigenvalue weighted by Gasteiger charge is 2.14. The highest BCUT2D eigenvalue weighted by molar-refractivity contribution is 6.48. The lowest BCUT2D eigenvalue weighted by atomic mass is 10.1. The van der Waals surface area contributed by atoms with Gasteiger partial charge in [0.15, 0.2) is 0 Å². The Labute approximate surface area is 134 Å². The largest absolute Gasteiger partial charge is 0.306 e. The van der Waals surface area contributed by atoms with Gasteiger partial charge in [0.1, 0.15) is 0 Å². The lowest BCUT2D eigenvalue weighted by Crippen LogP contribution is -2.19. The fourth-order valence-corrected chi connectivity index (χ4v) is 2.76. The molecule has 0 aliphatic carbocycles. The van der Waals surface area contributed by atoms with E-state index in [2.05, 4.69) is 31.3 Å². The summed E-state index contributed by atoms with van der Waals surface area (Å²) in [6, 6.07) is 12.1. The van der Waals surface area contributed by atoms with Crippen molar-refractivity contribution in [1.29, 1.82) is 0 Å². The molecule has 106 valence electrons. The van der Waals surface area contributed by atoms with E-state index < -0.39 is 0 Å². The van der Waals surface area contributed by atoms with Gasteiger partial charge in [0.25, 0.3) is 0 Å². The van der Waals surface area contributed by atoms with Crippen LogP contribution in [0.5, 0.6) is 0 Å². The molecule has 1 nitrogen and oxygen atoms in total. The molecule has 2 aromatic carbocycles. The third-order valence-corrected chi connectivity index (χ3v) is 4.70. The lowest BCUT2D eigenvalue weighted by Gasteiger charge is -2.17. The molecule has 0 aliphatic rings. The zero-order chi connectivity index (χ0) is 14.7. The summed E-state index contributed by atoms with van der Waals surface area (Å²) in [5.74, 6) is 0. The Morgan fingerprint density at radius 2 is 1.70 bits per heavy atom. The van der Waals surface area contributed by atoms with Crippen LogP contribution >= 0.6 is 34.8 Å². The Balaban J connectivity index is 2.11. The van der Waals surface area contributed by atoms with Gasteiger partial charge in [-0.2, -0.15) is 0 Å². The number of aryl methyl sites for hydroxylation is 1. The average molecular weight is 329 g/mol. The molecule has 0 heterocycles. The predicted octanol–water partition coefficient (Wildman–Crippen LogP) is 5.81. The number of nitrogens with one attached hydrogen (secondary N) is 1. The van der Waals surface area contributed by atoms with Crippen LogP contribution in [0.15, 0.2) is 36.4 Å². The molecule has 0 bridgehead atoms. The normalized spacial score (nSPS) is 12.4.